The Morgan fingerprint density at radius 1 is 0.960 bits per heavy atom. The Balaban J connectivity index is 1.58. The van der Waals surface area contributed by atoms with E-state index < -0.39 is 0 Å². The summed E-state index contributed by atoms with van der Waals surface area (Å²) in [6, 6.07) is 17.7. The van der Waals surface area contributed by atoms with Gasteiger partial charge in [-0.3, -0.25) is 9.69 Å². The van der Waals surface area contributed by atoms with Crippen LogP contribution in [-0.4, -0.2) is 16.0 Å². The number of thioether (sulfide) groups is 1. The van der Waals surface area contributed by atoms with Crippen molar-refractivity contribution in [1.82, 2.24) is 0 Å². The van der Waals surface area contributed by atoms with Crippen molar-refractivity contribution < 1.29 is 9.53 Å². The van der Waals surface area contributed by atoms with E-state index in [0.717, 1.165) is 30.0 Å². The van der Waals surface area contributed by atoms with E-state index in [2.05, 4.69) is 4.90 Å². The van der Waals surface area contributed by atoms with Crippen molar-refractivity contribution in [3.05, 3.63) is 54.6 Å². The minimum absolute atomic E-state index is 0.0401. The summed E-state index contributed by atoms with van der Waals surface area (Å²) in [5, 5.41) is 0.0401. The molecule has 1 spiro atoms. The summed E-state index contributed by atoms with van der Waals surface area (Å²) in [5.74, 6) is 1.85. The topological polar surface area (TPSA) is 29.5 Å². The second-order valence-corrected chi connectivity index (χ2v) is 8.55. The summed E-state index contributed by atoms with van der Waals surface area (Å²) >= 11 is 1.85. The van der Waals surface area contributed by atoms with E-state index in [1.807, 2.05) is 73.3 Å². The van der Waals surface area contributed by atoms with Crippen molar-refractivity contribution in [2.45, 2.75) is 49.1 Å². The highest BCUT2D eigenvalue weighted by molar-refractivity contribution is 8.02. The van der Waals surface area contributed by atoms with Crippen LogP contribution in [0.2, 0.25) is 0 Å². The number of nitrogens with zero attached hydrogens (tertiary/aromatic N) is 1. The third kappa shape index (κ3) is 3.15. The Morgan fingerprint density at radius 2 is 1.60 bits per heavy atom. The first-order valence-corrected chi connectivity index (χ1v) is 9.91. The molecule has 25 heavy (non-hydrogen) atoms. The van der Waals surface area contributed by atoms with Crippen LogP contribution in [0.25, 0.3) is 0 Å². The van der Waals surface area contributed by atoms with Gasteiger partial charge in [-0.2, -0.15) is 0 Å². The lowest BCUT2D eigenvalue weighted by atomic mass is 9.93. The molecule has 0 bridgehead atoms. The molecule has 1 amide bonds. The predicted octanol–water partition coefficient (Wildman–Crippen LogP) is 5.61. The summed E-state index contributed by atoms with van der Waals surface area (Å²) in [4.78, 5) is 14.8. The zero-order valence-electron chi connectivity index (χ0n) is 14.5. The van der Waals surface area contributed by atoms with Crippen LogP contribution in [0.15, 0.2) is 54.6 Å². The van der Waals surface area contributed by atoms with Crippen LogP contribution in [0.5, 0.6) is 11.5 Å². The molecule has 2 aromatic rings. The second kappa shape index (κ2) is 6.75. The number of hydrogen-bond donors (Lipinski definition) is 0. The SMILES string of the molecule is C[C@@H]1SC2(CCCCC2)N(c2ccc(Oc3ccccc3)cc2)C1=O. The smallest absolute Gasteiger partial charge is 0.241 e. The minimum Gasteiger partial charge on any atom is -0.457 e. The standard InChI is InChI=1S/C21H23NO2S/c1-16-20(23)22(21(25-16)14-6-3-7-15-21)17-10-12-19(13-11-17)24-18-8-4-2-5-9-18/h2,4-5,8-13,16H,3,6-7,14-15H2,1H3/t16-/m0/s1. The van der Waals surface area contributed by atoms with Crippen LogP contribution in [-0.2, 0) is 4.79 Å². The maximum atomic E-state index is 12.8. The molecule has 0 unspecified atom stereocenters. The van der Waals surface area contributed by atoms with Gasteiger partial charge >= 0.3 is 0 Å². The van der Waals surface area contributed by atoms with Gasteiger partial charge in [-0.05, 0) is 56.2 Å². The second-order valence-electron chi connectivity index (χ2n) is 6.85. The van der Waals surface area contributed by atoms with E-state index in [4.69, 9.17) is 4.74 Å². The highest BCUT2D eigenvalue weighted by Crippen LogP contribution is 2.51. The maximum absolute atomic E-state index is 12.8. The lowest BCUT2D eigenvalue weighted by Gasteiger charge is -2.40. The van der Waals surface area contributed by atoms with Crippen LogP contribution in [0.1, 0.15) is 39.0 Å². The average molecular weight is 353 g/mol. The molecule has 1 aliphatic heterocycles. The van der Waals surface area contributed by atoms with Gasteiger partial charge in [0.25, 0.3) is 0 Å². The van der Waals surface area contributed by atoms with Crippen LogP contribution >= 0.6 is 11.8 Å². The number of para-hydroxylation sites is 1. The molecule has 0 N–H and O–H groups in total. The fraction of sp³-hybridized carbons (Fsp3) is 0.381. The monoisotopic (exact) mass is 353 g/mol. The van der Waals surface area contributed by atoms with E-state index in [0.29, 0.717) is 0 Å². The molecular formula is C21H23NO2S. The third-order valence-electron chi connectivity index (χ3n) is 5.08. The molecule has 2 fully saturated rings. The number of amides is 1. The van der Waals surface area contributed by atoms with Crippen molar-refractivity contribution in [2.24, 2.45) is 0 Å². The first-order valence-electron chi connectivity index (χ1n) is 9.03. The van der Waals surface area contributed by atoms with E-state index in [1.54, 1.807) is 0 Å². The molecule has 1 saturated heterocycles. The number of carbonyl (C=O) groups is 1. The van der Waals surface area contributed by atoms with E-state index >= 15 is 0 Å². The molecule has 3 nitrogen and oxygen atoms in total. The Bertz CT molecular complexity index is 738. The number of rotatable bonds is 3. The van der Waals surface area contributed by atoms with Crippen molar-refractivity contribution in [1.29, 1.82) is 0 Å². The zero-order chi connectivity index (χ0) is 17.3. The Kier molecular flexibility index (Phi) is 4.46. The first-order chi connectivity index (χ1) is 12.2. The number of anilines is 1. The quantitative estimate of drug-likeness (QED) is 0.718. The number of ether oxygens (including phenoxy) is 1. The maximum Gasteiger partial charge on any atom is 0.241 e. The summed E-state index contributed by atoms with van der Waals surface area (Å²) in [6.07, 6.45) is 5.88. The van der Waals surface area contributed by atoms with Gasteiger partial charge in [0.05, 0.1) is 10.1 Å². The summed E-state index contributed by atoms with van der Waals surface area (Å²) in [7, 11) is 0. The van der Waals surface area contributed by atoms with Gasteiger partial charge in [-0.15, -0.1) is 11.8 Å². The molecule has 4 heteroatoms. The van der Waals surface area contributed by atoms with Crippen LogP contribution in [0, 0.1) is 0 Å². The molecule has 130 valence electrons. The lowest BCUT2D eigenvalue weighted by Crippen LogP contribution is -2.46. The highest BCUT2D eigenvalue weighted by Gasteiger charge is 2.50. The Hall–Kier alpha value is -1.94. The predicted molar refractivity (Wildman–Crippen MR) is 103 cm³/mol. The fourth-order valence-electron chi connectivity index (χ4n) is 3.91. The van der Waals surface area contributed by atoms with E-state index in [9.17, 15) is 4.79 Å². The summed E-state index contributed by atoms with van der Waals surface area (Å²) in [6.45, 7) is 2.04. The van der Waals surface area contributed by atoms with Crippen LogP contribution in [0.4, 0.5) is 5.69 Å². The normalized spacial score (nSPS) is 22.4. The number of carbonyl (C=O) groups excluding carboxylic acids is 1. The van der Waals surface area contributed by atoms with Gasteiger partial charge in [0, 0.05) is 5.69 Å². The van der Waals surface area contributed by atoms with Crippen molar-refractivity contribution in [3.63, 3.8) is 0 Å². The van der Waals surface area contributed by atoms with Gasteiger partial charge in [-0.1, -0.05) is 37.5 Å². The van der Waals surface area contributed by atoms with Crippen molar-refractivity contribution in [3.8, 4) is 11.5 Å². The highest BCUT2D eigenvalue weighted by atomic mass is 32.2. The first kappa shape index (κ1) is 16.5. The van der Waals surface area contributed by atoms with E-state index in [1.165, 1.54) is 19.3 Å². The summed E-state index contributed by atoms with van der Waals surface area (Å²) < 4.78 is 5.87. The molecule has 1 aliphatic carbocycles. The van der Waals surface area contributed by atoms with E-state index in [-0.39, 0.29) is 16.0 Å². The average Bonchev–Trinajstić information content (AvgIpc) is 2.87. The summed E-state index contributed by atoms with van der Waals surface area (Å²) in [5.41, 5.74) is 0.990. The molecule has 0 aromatic heterocycles. The molecule has 1 atom stereocenters. The van der Waals surface area contributed by atoms with Gasteiger partial charge in [0.15, 0.2) is 0 Å². The molecule has 1 heterocycles. The van der Waals surface area contributed by atoms with Crippen LogP contribution < -0.4 is 9.64 Å². The number of benzene rings is 2. The van der Waals surface area contributed by atoms with Crippen molar-refractivity contribution >= 4 is 23.4 Å². The molecular weight excluding hydrogens is 330 g/mol. The fourth-order valence-corrected chi connectivity index (χ4v) is 5.60. The lowest BCUT2D eigenvalue weighted by molar-refractivity contribution is -0.117. The molecule has 4 rings (SSSR count). The van der Waals surface area contributed by atoms with Gasteiger partial charge in [0.1, 0.15) is 11.5 Å². The van der Waals surface area contributed by atoms with Gasteiger partial charge < -0.3 is 4.74 Å². The third-order valence-corrected chi connectivity index (χ3v) is 6.67. The molecule has 2 aliphatic rings. The molecule has 2 aromatic carbocycles. The Labute approximate surface area is 153 Å². The Morgan fingerprint density at radius 3 is 2.28 bits per heavy atom. The van der Waals surface area contributed by atoms with Crippen molar-refractivity contribution in [2.75, 3.05) is 4.90 Å². The molecule has 1 saturated carbocycles. The van der Waals surface area contributed by atoms with Gasteiger partial charge in [-0.25, -0.2) is 0 Å². The van der Waals surface area contributed by atoms with Gasteiger partial charge in [0.2, 0.25) is 5.91 Å². The largest absolute Gasteiger partial charge is 0.457 e. The number of hydrogen-bond acceptors (Lipinski definition) is 3. The molecule has 0 radical (unpaired) electrons. The zero-order valence-corrected chi connectivity index (χ0v) is 15.3. The van der Waals surface area contributed by atoms with Crippen LogP contribution in [0.3, 0.4) is 0 Å². The minimum atomic E-state index is -0.0451.